The normalized spacial score (nSPS) is 19.4. The number of para-hydroxylation sites is 2. The molecule has 33 heavy (non-hydrogen) atoms. The fourth-order valence-electron chi connectivity index (χ4n) is 4.88. The molecule has 0 unspecified atom stereocenters. The Morgan fingerprint density at radius 1 is 1.06 bits per heavy atom. The molecule has 3 amide bonds. The van der Waals surface area contributed by atoms with E-state index in [1.54, 1.807) is 38.2 Å². The highest BCUT2D eigenvalue weighted by atomic mass is 32.1. The Bertz CT molecular complexity index is 1190. The fourth-order valence-corrected chi connectivity index (χ4v) is 5.54. The van der Waals surface area contributed by atoms with Crippen LogP contribution in [0.2, 0.25) is 0 Å². The molecule has 5 rings (SSSR count). The first-order valence-electron chi connectivity index (χ1n) is 11.1. The number of rotatable bonds is 6. The number of fused-ring (bicyclic) bond motifs is 3. The lowest BCUT2D eigenvalue weighted by Crippen LogP contribution is -2.62. The van der Waals surface area contributed by atoms with Crippen molar-refractivity contribution in [1.29, 1.82) is 0 Å². The molecule has 2 aliphatic heterocycles. The maximum absolute atomic E-state index is 13.4. The summed E-state index contributed by atoms with van der Waals surface area (Å²) in [6.45, 7) is 2.65. The molecule has 0 radical (unpaired) electrons. The molecule has 6 nitrogen and oxygen atoms in total. The zero-order valence-electron chi connectivity index (χ0n) is 18.4. The number of carbonyl (C=O) groups is 3. The van der Waals surface area contributed by atoms with Gasteiger partial charge in [-0.25, -0.2) is 0 Å². The Balaban J connectivity index is 1.41. The van der Waals surface area contributed by atoms with Crippen LogP contribution < -0.4 is 9.80 Å². The van der Waals surface area contributed by atoms with Crippen molar-refractivity contribution < 1.29 is 14.4 Å². The van der Waals surface area contributed by atoms with Crippen molar-refractivity contribution in [3.63, 3.8) is 0 Å². The number of anilines is 2. The minimum Gasteiger partial charge on any atom is -0.315 e. The topological polar surface area (TPSA) is 60.9 Å². The van der Waals surface area contributed by atoms with Gasteiger partial charge in [0.2, 0.25) is 11.8 Å². The Morgan fingerprint density at radius 2 is 1.82 bits per heavy atom. The highest BCUT2D eigenvalue weighted by Gasteiger charge is 2.52. The number of hydrogen-bond donors (Lipinski definition) is 0. The summed E-state index contributed by atoms with van der Waals surface area (Å²) in [6, 6.07) is 18.8. The summed E-state index contributed by atoms with van der Waals surface area (Å²) in [5, 5.41) is 4.04. The van der Waals surface area contributed by atoms with Crippen LogP contribution in [0, 0.1) is 0 Å². The molecule has 3 aromatic rings. The number of carbonyl (C=O) groups excluding carboxylic acids is 3. The summed E-state index contributed by atoms with van der Waals surface area (Å²) in [4.78, 5) is 44.9. The van der Waals surface area contributed by atoms with Gasteiger partial charge in [-0.1, -0.05) is 30.3 Å². The van der Waals surface area contributed by atoms with Gasteiger partial charge in [0.1, 0.15) is 5.66 Å². The van der Waals surface area contributed by atoms with E-state index in [-0.39, 0.29) is 30.7 Å². The van der Waals surface area contributed by atoms with Crippen LogP contribution >= 0.6 is 11.3 Å². The van der Waals surface area contributed by atoms with Crippen LogP contribution in [0.1, 0.15) is 42.1 Å². The van der Waals surface area contributed by atoms with Crippen LogP contribution in [0.3, 0.4) is 0 Å². The number of thiophene rings is 1. The second kappa shape index (κ2) is 8.48. The SMILES string of the molecule is C[C@]12CCC(=O)N1c1ccccc1C(=O)N2CCC(=O)N(Cc1ccsc1)c1ccccc1. The number of benzene rings is 2. The van der Waals surface area contributed by atoms with Crippen molar-refractivity contribution in [3.05, 3.63) is 82.6 Å². The fraction of sp³-hybridized carbons (Fsp3) is 0.269. The van der Waals surface area contributed by atoms with E-state index in [2.05, 4.69) is 0 Å². The molecule has 0 spiro atoms. The van der Waals surface area contributed by atoms with Gasteiger partial charge in [-0.2, -0.15) is 11.3 Å². The summed E-state index contributed by atoms with van der Waals surface area (Å²) in [5.74, 6) is -0.174. The van der Waals surface area contributed by atoms with E-state index >= 15 is 0 Å². The number of nitrogens with zero attached hydrogens (tertiary/aromatic N) is 3. The Kier molecular flexibility index (Phi) is 5.50. The largest absolute Gasteiger partial charge is 0.315 e. The van der Waals surface area contributed by atoms with E-state index in [1.165, 1.54) is 0 Å². The third-order valence-corrected chi connectivity index (χ3v) is 7.32. The van der Waals surface area contributed by atoms with Crippen LogP contribution in [0.5, 0.6) is 0 Å². The van der Waals surface area contributed by atoms with Crippen molar-refractivity contribution >= 4 is 40.4 Å². The third kappa shape index (κ3) is 3.72. The summed E-state index contributed by atoms with van der Waals surface area (Å²) >= 11 is 1.60. The quantitative estimate of drug-likeness (QED) is 0.538. The minimum absolute atomic E-state index is 0.0112. The first kappa shape index (κ1) is 21.4. The highest BCUT2D eigenvalue weighted by molar-refractivity contribution is 7.07. The van der Waals surface area contributed by atoms with Gasteiger partial charge in [0.25, 0.3) is 5.91 Å². The van der Waals surface area contributed by atoms with Crippen LogP contribution in [-0.2, 0) is 16.1 Å². The van der Waals surface area contributed by atoms with Crippen LogP contribution in [-0.4, -0.2) is 34.8 Å². The molecule has 1 saturated heterocycles. The molecular weight excluding hydrogens is 434 g/mol. The maximum atomic E-state index is 13.4. The van der Waals surface area contributed by atoms with Crippen molar-refractivity contribution in [2.24, 2.45) is 0 Å². The zero-order chi connectivity index (χ0) is 23.0. The van der Waals surface area contributed by atoms with Crippen LogP contribution in [0.25, 0.3) is 0 Å². The van der Waals surface area contributed by atoms with E-state index in [4.69, 9.17) is 0 Å². The third-order valence-electron chi connectivity index (χ3n) is 6.58. The molecule has 1 aromatic heterocycles. The molecule has 0 bridgehead atoms. The van der Waals surface area contributed by atoms with Gasteiger partial charge in [-0.3, -0.25) is 19.3 Å². The van der Waals surface area contributed by atoms with E-state index in [1.807, 2.05) is 66.2 Å². The summed E-state index contributed by atoms with van der Waals surface area (Å²) in [6.07, 6.45) is 1.11. The van der Waals surface area contributed by atoms with Gasteiger partial charge in [-0.15, -0.1) is 0 Å². The molecule has 0 aliphatic carbocycles. The standard InChI is InChI=1S/C26H25N3O3S/c1-26-14-11-24(31)29(26)22-10-6-5-9-21(22)25(32)28(26)15-12-23(30)27(17-19-13-16-33-18-19)20-7-3-2-4-8-20/h2-10,13,16,18H,11-12,14-15,17H2,1H3/t26-/m1/s1. The van der Waals surface area contributed by atoms with E-state index in [0.29, 0.717) is 30.6 Å². The summed E-state index contributed by atoms with van der Waals surface area (Å²) in [7, 11) is 0. The molecule has 2 aromatic carbocycles. The van der Waals surface area contributed by atoms with Crippen LogP contribution in [0.15, 0.2) is 71.4 Å². The smallest absolute Gasteiger partial charge is 0.257 e. The monoisotopic (exact) mass is 459 g/mol. The molecule has 7 heteroatoms. The van der Waals surface area contributed by atoms with Gasteiger partial charge in [0.05, 0.1) is 17.8 Å². The molecule has 168 valence electrons. The second-order valence-corrected chi connectivity index (χ2v) is 9.40. The van der Waals surface area contributed by atoms with Crippen molar-refractivity contribution in [2.45, 2.75) is 38.4 Å². The zero-order valence-corrected chi connectivity index (χ0v) is 19.3. The van der Waals surface area contributed by atoms with E-state index in [9.17, 15) is 14.4 Å². The average Bonchev–Trinajstić information content (AvgIpc) is 3.45. The molecule has 0 saturated carbocycles. The average molecular weight is 460 g/mol. The summed E-state index contributed by atoms with van der Waals surface area (Å²) in [5.41, 5.74) is 2.32. The predicted molar refractivity (Wildman–Crippen MR) is 129 cm³/mol. The minimum atomic E-state index is -0.756. The van der Waals surface area contributed by atoms with E-state index in [0.717, 1.165) is 11.3 Å². The van der Waals surface area contributed by atoms with Gasteiger partial charge in [0, 0.05) is 25.1 Å². The number of amides is 3. The molecule has 1 fully saturated rings. The molecular formula is C26H25N3O3S. The highest BCUT2D eigenvalue weighted by Crippen LogP contribution is 2.44. The number of hydrogen-bond acceptors (Lipinski definition) is 4. The van der Waals surface area contributed by atoms with Gasteiger partial charge in [-0.05, 0) is 60.0 Å². The molecule has 2 aliphatic rings. The summed E-state index contributed by atoms with van der Waals surface area (Å²) < 4.78 is 0. The molecule has 1 atom stereocenters. The lowest BCUT2D eigenvalue weighted by Gasteiger charge is -2.48. The van der Waals surface area contributed by atoms with Crippen molar-refractivity contribution in [3.8, 4) is 0 Å². The van der Waals surface area contributed by atoms with E-state index < -0.39 is 5.66 Å². The first-order valence-corrected chi connectivity index (χ1v) is 12.0. The van der Waals surface area contributed by atoms with Gasteiger partial charge < -0.3 is 9.80 Å². The molecule has 3 heterocycles. The first-order chi connectivity index (χ1) is 16.0. The van der Waals surface area contributed by atoms with Crippen molar-refractivity contribution in [2.75, 3.05) is 16.3 Å². The lowest BCUT2D eigenvalue weighted by atomic mass is 9.98. The van der Waals surface area contributed by atoms with Gasteiger partial charge >= 0.3 is 0 Å². The Morgan fingerprint density at radius 3 is 2.58 bits per heavy atom. The maximum Gasteiger partial charge on any atom is 0.257 e. The van der Waals surface area contributed by atoms with Crippen molar-refractivity contribution in [1.82, 2.24) is 4.90 Å². The molecule has 0 N–H and O–H groups in total. The van der Waals surface area contributed by atoms with Gasteiger partial charge in [0.15, 0.2) is 0 Å². The predicted octanol–water partition coefficient (Wildman–Crippen LogP) is 4.67. The van der Waals surface area contributed by atoms with Crippen LogP contribution in [0.4, 0.5) is 11.4 Å². The second-order valence-electron chi connectivity index (χ2n) is 8.62. The Labute approximate surface area is 197 Å². The lowest BCUT2D eigenvalue weighted by molar-refractivity contribution is -0.119. The Hall–Kier alpha value is -3.45.